The van der Waals surface area contributed by atoms with Gasteiger partial charge in [-0.1, -0.05) is 31.4 Å². The number of anilines is 1. The Balaban J connectivity index is 2.20. The van der Waals surface area contributed by atoms with E-state index in [0.29, 0.717) is 11.2 Å². The summed E-state index contributed by atoms with van der Waals surface area (Å²) in [6, 6.07) is 0.564. The first-order chi connectivity index (χ1) is 7.70. The van der Waals surface area contributed by atoms with Gasteiger partial charge >= 0.3 is 0 Å². The fourth-order valence-electron chi connectivity index (χ4n) is 2.09. The van der Waals surface area contributed by atoms with Crippen LogP contribution < -0.4 is 5.32 Å². The lowest BCUT2D eigenvalue weighted by Gasteiger charge is -2.15. The van der Waals surface area contributed by atoms with Crippen LogP contribution in [0.2, 0.25) is 5.15 Å². The molecule has 0 radical (unpaired) electrons. The van der Waals surface area contributed by atoms with E-state index in [1.807, 2.05) is 13.8 Å². The van der Waals surface area contributed by atoms with Gasteiger partial charge < -0.3 is 5.32 Å². The summed E-state index contributed by atoms with van der Waals surface area (Å²) in [5.41, 5.74) is 0.964. The average Bonchev–Trinajstić information content (AvgIpc) is 2.77. The van der Waals surface area contributed by atoms with Gasteiger partial charge in [-0.25, -0.2) is 9.97 Å². The van der Waals surface area contributed by atoms with Crippen molar-refractivity contribution in [1.82, 2.24) is 9.97 Å². The van der Waals surface area contributed by atoms with E-state index in [-0.39, 0.29) is 0 Å². The largest absolute Gasteiger partial charge is 0.367 e. The molecule has 0 spiro atoms. The zero-order valence-electron chi connectivity index (χ0n) is 9.89. The Kier molecular flexibility index (Phi) is 3.64. The Bertz CT molecular complexity index is 373. The van der Waals surface area contributed by atoms with Crippen LogP contribution in [-0.4, -0.2) is 16.0 Å². The molecule has 3 nitrogen and oxygen atoms in total. The second kappa shape index (κ2) is 5.00. The molecule has 1 saturated carbocycles. The van der Waals surface area contributed by atoms with Crippen LogP contribution in [0.3, 0.4) is 0 Å². The van der Waals surface area contributed by atoms with E-state index in [1.54, 1.807) is 0 Å². The van der Waals surface area contributed by atoms with Crippen molar-refractivity contribution in [2.24, 2.45) is 0 Å². The van der Waals surface area contributed by atoms with Gasteiger partial charge in [-0.3, -0.25) is 0 Å². The monoisotopic (exact) mass is 239 g/mol. The van der Waals surface area contributed by atoms with Crippen molar-refractivity contribution in [1.29, 1.82) is 0 Å². The van der Waals surface area contributed by atoms with Gasteiger partial charge in [-0.15, -0.1) is 0 Å². The molecular weight excluding hydrogens is 222 g/mol. The zero-order valence-corrected chi connectivity index (χ0v) is 10.6. The molecule has 2 rings (SSSR count). The number of aryl methyl sites for hydroxylation is 1. The van der Waals surface area contributed by atoms with Crippen molar-refractivity contribution in [3.05, 3.63) is 16.5 Å². The topological polar surface area (TPSA) is 37.8 Å². The van der Waals surface area contributed by atoms with Crippen LogP contribution >= 0.6 is 11.6 Å². The summed E-state index contributed by atoms with van der Waals surface area (Å²) >= 11 is 6.09. The molecule has 1 N–H and O–H groups in total. The molecule has 1 aromatic heterocycles. The molecule has 0 unspecified atom stereocenters. The molecule has 1 aliphatic rings. The predicted molar refractivity (Wildman–Crippen MR) is 67.0 cm³/mol. The highest BCUT2D eigenvalue weighted by atomic mass is 35.5. The predicted octanol–water partition coefficient (Wildman–Crippen LogP) is 3.36. The van der Waals surface area contributed by atoms with E-state index in [0.717, 1.165) is 23.6 Å². The summed E-state index contributed by atoms with van der Waals surface area (Å²) in [5, 5.41) is 4.07. The van der Waals surface area contributed by atoms with Gasteiger partial charge in [0.2, 0.25) is 0 Å². The first-order valence-corrected chi connectivity index (χ1v) is 6.38. The van der Waals surface area contributed by atoms with Gasteiger partial charge in [0.15, 0.2) is 0 Å². The molecule has 0 aliphatic heterocycles. The van der Waals surface area contributed by atoms with E-state index in [1.165, 1.54) is 25.7 Å². The summed E-state index contributed by atoms with van der Waals surface area (Å²) in [6.07, 6.45) is 5.93. The number of nitrogens with zero attached hydrogens (tertiary/aromatic N) is 2. The van der Waals surface area contributed by atoms with E-state index < -0.39 is 0 Å². The average molecular weight is 240 g/mol. The third kappa shape index (κ3) is 2.46. The molecule has 0 atom stereocenters. The van der Waals surface area contributed by atoms with Crippen molar-refractivity contribution < 1.29 is 0 Å². The van der Waals surface area contributed by atoms with E-state index in [9.17, 15) is 0 Å². The summed E-state index contributed by atoms with van der Waals surface area (Å²) in [5.74, 6) is 1.74. The third-order valence-electron chi connectivity index (χ3n) is 3.14. The number of hydrogen-bond donors (Lipinski definition) is 1. The molecule has 0 amide bonds. The summed E-state index contributed by atoms with van der Waals surface area (Å²) in [7, 11) is 0. The maximum Gasteiger partial charge on any atom is 0.137 e. The normalized spacial score (nSPS) is 16.7. The second-order valence-corrected chi connectivity index (χ2v) is 4.74. The molecule has 1 aromatic rings. The molecule has 88 valence electrons. The summed E-state index contributed by atoms with van der Waals surface area (Å²) in [4.78, 5) is 8.75. The highest BCUT2D eigenvalue weighted by molar-refractivity contribution is 6.30. The van der Waals surface area contributed by atoms with Crippen LogP contribution in [0.15, 0.2) is 0 Å². The van der Waals surface area contributed by atoms with Crippen LogP contribution in [0, 0.1) is 6.92 Å². The Morgan fingerprint density at radius 2 is 2.00 bits per heavy atom. The number of halogens is 1. The lowest BCUT2D eigenvalue weighted by molar-refractivity contribution is 0.745. The minimum absolute atomic E-state index is 0.564. The van der Waals surface area contributed by atoms with Crippen molar-refractivity contribution in [3.8, 4) is 0 Å². The van der Waals surface area contributed by atoms with Crippen LogP contribution in [-0.2, 0) is 6.42 Å². The van der Waals surface area contributed by atoms with Gasteiger partial charge in [-0.2, -0.15) is 0 Å². The number of hydrogen-bond acceptors (Lipinski definition) is 3. The van der Waals surface area contributed by atoms with Crippen LogP contribution in [0.1, 0.15) is 44.0 Å². The minimum Gasteiger partial charge on any atom is -0.367 e. The zero-order chi connectivity index (χ0) is 11.5. The highest BCUT2D eigenvalue weighted by Crippen LogP contribution is 2.25. The smallest absolute Gasteiger partial charge is 0.137 e. The fourth-order valence-corrected chi connectivity index (χ4v) is 2.28. The molecule has 4 heteroatoms. The van der Waals surface area contributed by atoms with Crippen molar-refractivity contribution in [2.75, 3.05) is 5.32 Å². The van der Waals surface area contributed by atoms with Crippen molar-refractivity contribution >= 4 is 17.4 Å². The minimum atomic E-state index is 0.564. The Morgan fingerprint density at radius 1 is 1.31 bits per heavy atom. The van der Waals surface area contributed by atoms with Gasteiger partial charge in [0.25, 0.3) is 0 Å². The standard InChI is InChI=1S/C12H18ClN3/c1-3-10-15-11(13)8(2)12(16-10)14-9-6-4-5-7-9/h9H,3-7H2,1-2H3,(H,14,15,16). The SMILES string of the molecule is CCc1nc(Cl)c(C)c(NC2CCCC2)n1. The summed E-state index contributed by atoms with van der Waals surface area (Å²) in [6.45, 7) is 4.01. The van der Waals surface area contributed by atoms with E-state index in [4.69, 9.17) is 11.6 Å². The highest BCUT2D eigenvalue weighted by Gasteiger charge is 2.17. The summed E-state index contributed by atoms with van der Waals surface area (Å²) < 4.78 is 0. The molecule has 1 heterocycles. The Hall–Kier alpha value is -0.830. The van der Waals surface area contributed by atoms with Gasteiger partial charge in [0.1, 0.15) is 16.8 Å². The van der Waals surface area contributed by atoms with E-state index in [2.05, 4.69) is 15.3 Å². The number of rotatable bonds is 3. The molecule has 0 saturated heterocycles. The van der Waals surface area contributed by atoms with Crippen molar-refractivity contribution in [2.45, 2.75) is 52.0 Å². The van der Waals surface area contributed by atoms with Crippen LogP contribution in [0.25, 0.3) is 0 Å². The first kappa shape index (κ1) is 11.6. The maximum absolute atomic E-state index is 6.09. The quantitative estimate of drug-likeness (QED) is 0.822. The first-order valence-electron chi connectivity index (χ1n) is 6.00. The molecular formula is C12H18ClN3. The number of nitrogens with one attached hydrogen (secondary N) is 1. The van der Waals surface area contributed by atoms with Crippen LogP contribution in [0.5, 0.6) is 0 Å². The van der Waals surface area contributed by atoms with Gasteiger partial charge in [-0.05, 0) is 19.8 Å². The molecule has 1 fully saturated rings. The molecule has 0 aromatic carbocycles. The van der Waals surface area contributed by atoms with Gasteiger partial charge in [0.05, 0.1) is 0 Å². The maximum atomic E-state index is 6.09. The Labute approximate surface area is 102 Å². The van der Waals surface area contributed by atoms with E-state index >= 15 is 0 Å². The fraction of sp³-hybridized carbons (Fsp3) is 0.667. The lowest BCUT2D eigenvalue weighted by Crippen LogP contribution is -2.17. The molecule has 1 aliphatic carbocycles. The number of aromatic nitrogens is 2. The van der Waals surface area contributed by atoms with Crippen LogP contribution in [0.4, 0.5) is 5.82 Å². The molecule has 16 heavy (non-hydrogen) atoms. The van der Waals surface area contributed by atoms with Crippen molar-refractivity contribution in [3.63, 3.8) is 0 Å². The lowest BCUT2D eigenvalue weighted by atomic mass is 10.2. The molecule has 0 bridgehead atoms. The Morgan fingerprint density at radius 3 is 2.62 bits per heavy atom. The third-order valence-corrected chi connectivity index (χ3v) is 3.51. The van der Waals surface area contributed by atoms with Gasteiger partial charge in [0, 0.05) is 18.0 Å². The second-order valence-electron chi connectivity index (χ2n) is 4.38.